The van der Waals surface area contributed by atoms with Gasteiger partial charge in [-0.15, -0.1) is 0 Å². The summed E-state index contributed by atoms with van der Waals surface area (Å²) in [6.45, 7) is 10.8. The van der Waals surface area contributed by atoms with Crippen molar-refractivity contribution >= 4 is 19.6 Å². The van der Waals surface area contributed by atoms with Crippen molar-refractivity contribution < 1.29 is 27.9 Å². The molecule has 1 aromatic carbocycles. The van der Waals surface area contributed by atoms with Crippen molar-refractivity contribution in [2.24, 2.45) is 5.92 Å². The topological polar surface area (TPSA) is 103 Å². The molecule has 0 spiro atoms. The maximum atomic E-state index is 13.4. The lowest BCUT2D eigenvalue weighted by molar-refractivity contribution is -0.145. The first-order valence-corrected chi connectivity index (χ1v) is 12.2. The summed E-state index contributed by atoms with van der Waals surface area (Å²) in [6.07, 6.45) is -0.128. The highest BCUT2D eigenvalue weighted by Crippen LogP contribution is 2.47. The molecule has 1 rings (SSSR count). The third-order valence-electron chi connectivity index (χ3n) is 4.12. The van der Waals surface area contributed by atoms with Crippen LogP contribution in [0, 0.1) is 5.92 Å². The number of rotatable bonds is 13. The van der Waals surface area contributed by atoms with Crippen molar-refractivity contribution in [3.8, 4) is 0 Å². The number of carbonyl (C=O) groups is 2. The van der Waals surface area contributed by atoms with Crippen molar-refractivity contribution in [2.75, 3.05) is 7.11 Å². The van der Waals surface area contributed by atoms with Crippen LogP contribution in [0.25, 0.3) is 0 Å². The number of hydrogen-bond acceptors (Lipinski definition) is 6. The van der Waals surface area contributed by atoms with Crippen LogP contribution in [0.1, 0.15) is 53.5 Å². The zero-order valence-corrected chi connectivity index (χ0v) is 20.5. The molecule has 8 nitrogen and oxygen atoms in total. The number of nitrogens with one attached hydrogen (secondary N) is 2. The van der Waals surface area contributed by atoms with Crippen molar-refractivity contribution in [3.05, 3.63) is 35.9 Å². The Bertz CT molecular complexity index is 725. The van der Waals surface area contributed by atoms with Gasteiger partial charge in [-0.25, -0.2) is 14.4 Å². The van der Waals surface area contributed by atoms with Gasteiger partial charge in [0.2, 0.25) is 5.91 Å². The summed E-state index contributed by atoms with van der Waals surface area (Å²) in [4.78, 5) is 25.4. The minimum atomic E-state index is -3.81. The molecule has 176 valence electrons. The zero-order chi connectivity index (χ0) is 23.6. The molecule has 0 aliphatic heterocycles. The lowest BCUT2D eigenvalue weighted by Gasteiger charge is -2.28. The summed E-state index contributed by atoms with van der Waals surface area (Å²) in [5, 5.41) is 5.54. The minimum Gasteiger partial charge on any atom is -0.467 e. The van der Waals surface area contributed by atoms with Gasteiger partial charge in [0.15, 0.2) is 0 Å². The van der Waals surface area contributed by atoms with Gasteiger partial charge >= 0.3 is 13.7 Å². The van der Waals surface area contributed by atoms with Crippen molar-refractivity contribution in [3.63, 3.8) is 0 Å². The van der Waals surface area contributed by atoms with E-state index in [0.29, 0.717) is 6.42 Å². The van der Waals surface area contributed by atoms with Gasteiger partial charge in [0.1, 0.15) is 12.1 Å². The van der Waals surface area contributed by atoms with E-state index < -0.39 is 31.7 Å². The molecular weight excluding hydrogens is 419 g/mol. The average Bonchev–Trinajstić information content (AvgIpc) is 2.65. The second-order valence-corrected chi connectivity index (χ2v) is 10.1. The molecule has 1 aromatic rings. The number of hydrogen-bond donors (Lipinski definition) is 2. The van der Waals surface area contributed by atoms with E-state index in [0.717, 1.165) is 5.56 Å². The molecule has 0 unspecified atom stereocenters. The van der Waals surface area contributed by atoms with E-state index in [1.807, 2.05) is 44.2 Å². The van der Waals surface area contributed by atoms with E-state index in [1.165, 1.54) is 7.11 Å². The smallest absolute Gasteiger partial charge is 0.406 e. The monoisotopic (exact) mass is 456 g/mol. The Kier molecular flexibility index (Phi) is 11.4. The van der Waals surface area contributed by atoms with E-state index in [9.17, 15) is 14.2 Å². The Hall–Kier alpha value is -1.73. The maximum Gasteiger partial charge on any atom is 0.406 e. The van der Waals surface area contributed by atoms with Gasteiger partial charge in [0, 0.05) is 0 Å². The number of ether oxygens (including phenoxy) is 1. The molecule has 1 amide bonds. The number of carbonyl (C=O) groups excluding carboxylic acids is 2. The van der Waals surface area contributed by atoms with Crippen molar-refractivity contribution in [1.29, 1.82) is 0 Å². The normalized spacial score (nSPS) is 14.0. The zero-order valence-electron chi connectivity index (χ0n) is 19.6. The predicted octanol–water partition coefficient (Wildman–Crippen LogP) is 3.85. The fraction of sp³-hybridized carbons (Fsp3) is 0.636. The van der Waals surface area contributed by atoms with Gasteiger partial charge in [-0.2, -0.15) is 0 Å². The Morgan fingerprint density at radius 1 is 0.935 bits per heavy atom. The summed E-state index contributed by atoms with van der Waals surface area (Å²) in [7, 11) is -2.53. The first kappa shape index (κ1) is 27.3. The Morgan fingerprint density at radius 2 is 1.48 bits per heavy atom. The van der Waals surface area contributed by atoms with Crippen LogP contribution in [-0.4, -0.2) is 43.3 Å². The van der Waals surface area contributed by atoms with Crippen LogP contribution in [0.5, 0.6) is 0 Å². The summed E-state index contributed by atoms with van der Waals surface area (Å²) in [6, 6.07) is 7.55. The molecular formula is C22H37N2O6P. The lowest BCUT2D eigenvalue weighted by Crippen LogP contribution is -2.51. The Balaban J connectivity index is 3.17. The largest absolute Gasteiger partial charge is 0.467 e. The van der Waals surface area contributed by atoms with Gasteiger partial charge in [-0.1, -0.05) is 44.2 Å². The molecule has 0 heterocycles. The summed E-state index contributed by atoms with van der Waals surface area (Å²) in [5.41, 5.74) is 0.856. The van der Waals surface area contributed by atoms with Crippen molar-refractivity contribution in [2.45, 2.75) is 78.7 Å². The highest BCUT2D eigenvalue weighted by molar-refractivity contribution is 7.51. The number of amides is 1. The van der Waals surface area contributed by atoms with Gasteiger partial charge < -0.3 is 10.1 Å². The van der Waals surface area contributed by atoms with Gasteiger partial charge in [0.05, 0.1) is 19.3 Å². The SMILES string of the molecule is COC(=O)[C@H](CC(C)C)NC(=O)[C@H](Cc1ccccc1)NP(=O)(OC(C)C)OC(C)C. The molecule has 9 heteroatoms. The fourth-order valence-corrected chi connectivity index (χ4v) is 4.85. The summed E-state index contributed by atoms with van der Waals surface area (Å²) >= 11 is 0. The first-order chi connectivity index (χ1) is 14.5. The number of esters is 1. The maximum absolute atomic E-state index is 13.4. The minimum absolute atomic E-state index is 0.157. The van der Waals surface area contributed by atoms with Crippen LogP contribution in [-0.2, 0) is 34.4 Å². The van der Waals surface area contributed by atoms with E-state index in [-0.39, 0.29) is 24.5 Å². The van der Waals surface area contributed by atoms with E-state index in [4.69, 9.17) is 13.8 Å². The standard InChI is InChI=1S/C22H37N2O6P/c1-15(2)13-20(22(26)28-7)23-21(25)19(14-18-11-9-8-10-12-18)24-31(27,29-16(3)4)30-17(5)6/h8-12,15-17,19-20H,13-14H2,1-7H3,(H,23,25)(H,24,27)/t19-,20-/m0/s1. The third kappa shape index (κ3) is 10.4. The molecule has 31 heavy (non-hydrogen) atoms. The molecule has 0 aromatic heterocycles. The molecule has 0 aliphatic rings. The van der Waals surface area contributed by atoms with Gasteiger partial charge in [-0.05, 0) is 52.0 Å². The summed E-state index contributed by atoms with van der Waals surface area (Å²) < 4.78 is 29.3. The quantitative estimate of drug-likeness (QED) is 0.343. The van der Waals surface area contributed by atoms with E-state index >= 15 is 0 Å². The highest BCUT2D eigenvalue weighted by Gasteiger charge is 2.35. The van der Waals surface area contributed by atoms with Crippen LogP contribution >= 0.6 is 7.75 Å². The third-order valence-corrected chi connectivity index (χ3v) is 6.15. The predicted molar refractivity (Wildman–Crippen MR) is 121 cm³/mol. The fourth-order valence-electron chi connectivity index (χ4n) is 2.98. The van der Waals surface area contributed by atoms with Gasteiger partial charge in [-0.3, -0.25) is 13.8 Å². The molecule has 2 N–H and O–H groups in total. The van der Waals surface area contributed by atoms with Crippen LogP contribution in [0.4, 0.5) is 0 Å². The summed E-state index contributed by atoms with van der Waals surface area (Å²) in [5.74, 6) is -0.857. The molecule has 2 atom stereocenters. The van der Waals surface area contributed by atoms with E-state index in [1.54, 1.807) is 27.7 Å². The number of benzene rings is 1. The van der Waals surface area contributed by atoms with E-state index in [2.05, 4.69) is 10.4 Å². The van der Waals surface area contributed by atoms with Gasteiger partial charge in [0.25, 0.3) is 0 Å². The Morgan fingerprint density at radius 3 is 1.94 bits per heavy atom. The van der Waals surface area contributed by atoms with Crippen LogP contribution in [0.3, 0.4) is 0 Å². The molecule has 0 aliphatic carbocycles. The highest BCUT2D eigenvalue weighted by atomic mass is 31.2. The second kappa shape index (κ2) is 13.0. The Labute approximate surface area is 186 Å². The van der Waals surface area contributed by atoms with Crippen LogP contribution < -0.4 is 10.4 Å². The number of methoxy groups -OCH3 is 1. The molecule has 0 bridgehead atoms. The molecule has 0 radical (unpaired) electrons. The second-order valence-electron chi connectivity index (χ2n) is 8.39. The van der Waals surface area contributed by atoms with Crippen LogP contribution in [0.15, 0.2) is 30.3 Å². The molecule has 0 saturated carbocycles. The first-order valence-electron chi connectivity index (χ1n) is 10.6. The van der Waals surface area contributed by atoms with Crippen LogP contribution in [0.2, 0.25) is 0 Å². The van der Waals surface area contributed by atoms with Crippen molar-refractivity contribution in [1.82, 2.24) is 10.4 Å². The lowest BCUT2D eigenvalue weighted by atomic mass is 10.0. The molecule has 0 fully saturated rings. The molecule has 0 saturated heterocycles. The average molecular weight is 457 g/mol.